The molecule has 1 saturated heterocycles. The van der Waals surface area contributed by atoms with Gasteiger partial charge < -0.3 is 15.3 Å². The SMILES string of the molecule is CN(C)c1ccc(NC(=O)CN2CCC(O)(C(F)(F)F)CC2)cc1. The Hall–Kier alpha value is -1.80. The summed E-state index contributed by atoms with van der Waals surface area (Å²) in [6.07, 6.45) is -5.46. The van der Waals surface area contributed by atoms with Gasteiger partial charge in [0.15, 0.2) is 5.60 Å². The third-order valence-electron chi connectivity index (χ3n) is 4.25. The Morgan fingerprint density at radius 3 is 2.25 bits per heavy atom. The zero-order valence-corrected chi connectivity index (χ0v) is 13.7. The molecule has 1 heterocycles. The Kier molecular flexibility index (Phi) is 5.39. The molecule has 0 bridgehead atoms. The third kappa shape index (κ3) is 4.39. The van der Waals surface area contributed by atoms with Gasteiger partial charge in [-0.1, -0.05) is 0 Å². The molecule has 0 radical (unpaired) electrons. The van der Waals surface area contributed by atoms with Crippen LogP contribution in [0.4, 0.5) is 24.5 Å². The second-order valence-electron chi connectivity index (χ2n) is 6.29. The summed E-state index contributed by atoms with van der Waals surface area (Å²) < 4.78 is 38.2. The first-order chi connectivity index (χ1) is 11.1. The number of carbonyl (C=O) groups excluding carboxylic acids is 1. The van der Waals surface area contributed by atoms with Crippen molar-refractivity contribution in [3.8, 4) is 0 Å². The standard InChI is InChI=1S/C16H22F3N3O2/c1-21(2)13-5-3-12(4-6-13)20-14(23)11-22-9-7-15(24,8-10-22)16(17,18)19/h3-6,24H,7-11H2,1-2H3,(H,20,23). The maximum atomic E-state index is 12.7. The van der Waals surface area contributed by atoms with Gasteiger partial charge in [0.2, 0.25) is 5.91 Å². The number of nitrogens with zero attached hydrogens (tertiary/aromatic N) is 2. The molecule has 134 valence electrons. The molecule has 2 N–H and O–H groups in total. The molecule has 5 nitrogen and oxygen atoms in total. The predicted molar refractivity (Wildman–Crippen MR) is 86.1 cm³/mol. The molecule has 0 saturated carbocycles. The van der Waals surface area contributed by atoms with Crippen LogP contribution in [0.2, 0.25) is 0 Å². The largest absolute Gasteiger partial charge is 0.417 e. The fraction of sp³-hybridized carbons (Fsp3) is 0.562. The number of aliphatic hydroxyl groups is 1. The molecule has 1 aromatic carbocycles. The molecular formula is C16H22F3N3O2. The number of benzene rings is 1. The average Bonchev–Trinajstić information content (AvgIpc) is 2.49. The summed E-state index contributed by atoms with van der Waals surface area (Å²) in [5.41, 5.74) is -1.01. The van der Waals surface area contributed by atoms with Gasteiger partial charge in [0.1, 0.15) is 0 Å². The second kappa shape index (κ2) is 6.98. The first kappa shape index (κ1) is 18.5. The number of hydrogen-bond donors (Lipinski definition) is 2. The summed E-state index contributed by atoms with van der Waals surface area (Å²) in [6.45, 7) is 0.0648. The molecule has 1 aliphatic heterocycles. The Morgan fingerprint density at radius 2 is 1.79 bits per heavy atom. The molecule has 1 aromatic rings. The lowest BCUT2D eigenvalue weighted by Crippen LogP contribution is -2.54. The molecule has 0 unspecified atom stereocenters. The monoisotopic (exact) mass is 345 g/mol. The van der Waals surface area contributed by atoms with Crippen LogP contribution in [0.1, 0.15) is 12.8 Å². The van der Waals surface area contributed by atoms with Gasteiger partial charge in [-0.2, -0.15) is 13.2 Å². The fourth-order valence-electron chi connectivity index (χ4n) is 2.61. The maximum Gasteiger partial charge on any atom is 0.417 e. The molecule has 2 rings (SSSR count). The molecule has 0 spiro atoms. The lowest BCUT2D eigenvalue weighted by atomic mass is 9.91. The number of halogens is 3. The summed E-state index contributed by atoms with van der Waals surface area (Å²) in [6, 6.07) is 7.26. The number of carbonyl (C=O) groups is 1. The van der Waals surface area contributed by atoms with E-state index in [1.54, 1.807) is 17.0 Å². The van der Waals surface area contributed by atoms with Crippen LogP contribution in [0.3, 0.4) is 0 Å². The predicted octanol–water partition coefficient (Wildman–Crippen LogP) is 2.08. The Bertz CT molecular complexity index is 565. The normalized spacial score (nSPS) is 18.2. The van der Waals surface area contributed by atoms with E-state index < -0.39 is 24.6 Å². The van der Waals surface area contributed by atoms with Crippen molar-refractivity contribution in [2.24, 2.45) is 0 Å². The molecule has 0 aromatic heterocycles. The summed E-state index contributed by atoms with van der Waals surface area (Å²) in [7, 11) is 3.82. The number of hydrogen-bond acceptors (Lipinski definition) is 4. The van der Waals surface area contributed by atoms with Crippen LogP contribution < -0.4 is 10.2 Å². The lowest BCUT2D eigenvalue weighted by molar-refractivity contribution is -0.272. The van der Waals surface area contributed by atoms with Crippen molar-refractivity contribution >= 4 is 17.3 Å². The van der Waals surface area contributed by atoms with Crippen LogP contribution in [0.25, 0.3) is 0 Å². The van der Waals surface area contributed by atoms with Crippen LogP contribution in [0.5, 0.6) is 0 Å². The highest BCUT2D eigenvalue weighted by molar-refractivity contribution is 5.92. The molecular weight excluding hydrogens is 323 g/mol. The van der Waals surface area contributed by atoms with E-state index in [-0.39, 0.29) is 25.5 Å². The molecule has 24 heavy (non-hydrogen) atoms. The van der Waals surface area contributed by atoms with Gasteiger partial charge in [-0.25, -0.2) is 0 Å². The second-order valence-corrected chi connectivity index (χ2v) is 6.29. The minimum Gasteiger partial charge on any atom is -0.380 e. The van der Waals surface area contributed by atoms with Crippen LogP contribution in [0.15, 0.2) is 24.3 Å². The van der Waals surface area contributed by atoms with Crippen LogP contribution in [0, 0.1) is 0 Å². The zero-order valence-electron chi connectivity index (χ0n) is 13.7. The Morgan fingerprint density at radius 1 is 1.25 bits per heavy atom. The van der Waals surface area contributed by atoms with E-state index in [2.05, 4.69) is 5.32 Å². The van der Waals surface area contributed by atoms with Crippen LogP contribution >= 0.6 is 0 Å². The first-order valence-corrected chi connectivity index (χ1v) is 7.69. The topological polar surface area (TPSA) is 55.8 Å². The van der Waals surface area contributed by atoms with Crippen LogP contribution in [-0.2, 0) is 4.79 Å². The minimum absolute atomic E-state index is 0.00334. The smallest absolute Gasteiger partial charge is 0.380 e. The molecule has 8 heteroatoms. The zero-order chi connectivity index (χ0) is 18.0. The highest BCUT2D eigenvalue weighted by atomic mass is 19.4. The van der Waals surface area contributed by atoms with Crippen molar-refractivity contribution in [2.45, 2.75) is 24.6 Å². The Balaban J connectivity index is 1.83. The molecule has 1 aliphatic rings. The highest BCUT2D eigenvalue weighted by Crippen LogP contribution is 2.38. The van der Waals surface area contributed by atoms with Crippen molar-refractivity contribution in [3.05, 3.63) is 24.3 Å². The van der Waals surface area contributed by atoms with Crippen molar-refractivity contribution in [2.75, 3.05) is 43.9 Å². The van der Waals surface area contributed by atoms with Gasteiger partial charge in [-0.3, -0.25) is 9.69 Å². The highest BCUT2D eigenvalue weighted by Gasteiger charge is 2.54. The van der Waals surface area contributed by atoms with E-state index in [1.807, 2.05) is 31.1 Å². The van der Waals surface area contributed by atoms with E-state index in [0.29, 0.717) is 5.69 Å². The Labute approximate surface area is 139 Å². The van der Waals surface area contributed by atoms with Gasteiger partial charge in [0.25, 0.3) is 0 Å². The minimum atomic E-state index is -4.63. The lowest BCUT2D eigenvalue weighted by Gasteiger charge is -2.38. The van der Waals surface area contributed by atoms with Gasteiger partial charge in [-0.05, 0) is 37.1 Å². The number of piperidine rings is 1. The first-order valence-electron chi connectivity index (χ1n) is 7.69. The van der Waals surface area contributed by atoms with Crippen molar-refractivity contribution in [1.82, 2.24) is 4.90 Å². The summed E-state index contributed by atoms with van der Waals surface area (Å²) >= 11 is 0. The van der Waals surface area contributed by atoms with Crippen molar-refractivity contribution in [3.63, 3.8) is 0 Å². The number of rotatable bonds is 4. The number of anilines is 2. The molecule has 0 atom stereocenters. The molecule has 1 fully saturated rings. The number of amides is 1. The third-order valence-corrected chi connectivity index (χ3v) is 4.25. The van der Waals surface area contributed by atoms with Crippen molar-refractivity contribution < 1.29 is 23.1 Å². The number of alkyl halides is 3. The average molecular weight is 345 g/mol. The maximum absolute atomic E-state index is 12.7. The van der Waals surface area contributed by atoms with Gasteiger partial charge in [0.05, 0.1) is 6.54 Å². The number of likely N-dealkylation sites (tertiary alicyclic amines) is 1. The summed E-state index contributed by atoms with van der Waals surface area (Å²) in [4.78, 5) is 15.6. The molecule has 0 aliphatic carbocycles. The van der Waals surface area contributed by atoms with Crippen molar-refractivity contribution in [1.29, 1.82) is 0 Å². The van der Waals surface area contributed by atoms with Crippen LogP contribution in [-0.4, -0.2) is 61.4 Å². The summed E-state index contributed by atoms with van der Waals surface area (Å²) in [5, 5.41) is 12.3. The van der Waals surface area contributed by atoms with E-state index >= 15 is 0 Å². The van der Waals surface area contributed by atoms with Gasteiger partial charge in [-0.15, -0.1) is 0 Å². The fourth-order valence-corrected chi connectivity index (χ4v) is 2.61. The molecule has 1 amide bonds. The van der Waals surface area contributed by atoms with Gasteiger partial charge in [0, 0.05) is 38.6 Å². The summed E-state index contributed by atoms with van der Waals surface area (Å²) in [5.74, 6) is -0.287. The quantitative estimate of drug-likeness (QED) is 0.877. The van der Waals surface area contributed by atoms with E-state index in [9.17, 15) is 23.1 Å². The van der Waals surface area contributed by atoms with E-state index in [1.165, 1.54) is 0 Å². The van der Waals surface area contributed by atoms with E-state index in [4.69, 9.17) is 0 Å². The van der Waals surface area contributed by atoms with Gasteiger partial charge >= 0.3 is 6.18 Å². The number of nitrogens with one attached hydrogen (secondary N) is 1. The van der Waals surface area contributed by atoms with E-state index in [0.717, 1.165) is 5.69 Å².